The Morgan fingerprint density at radius 1 is 1.46 bits per heavy atom. The van der Waals surface area contributed by atoms with Gasteiger partial charge in [0.2, 0.25) is 0 Å². The fourth-order valence-corrected chi connectivity index (χ4v) is 1.10. The molecule has 1 rings (SSSR count). The number of carbonyl (C=O) groups is 1. The van der Waals surface area contributed by atoms with E-state index in [-0.39, 0.29) is 5.91 Å². The predicted molar refractivity (Wildman–Crippen MR) is 49.0 cm³/mol. The molecule has 0 aliphatic rings. The Morgan fingerprint density at radius 3 is 2.77 bits per heavy atom. The normalized spacial score (nSPS) is 9.00. The van der Waals surface area contributed by atoms with Crippen LogP contribution in [0.1, 0.15) is 21.5 Å². The number of hydrogen-bond donors (Lipinski definition) is 1. The summed E-state index contributed by atoms with van der Waals surface area (Å²) in [6.07, 6.45) is 1.61. The van der Waals surface area contributed by atoms with Crippen LogP contribution in [0.5, 0.6) is 0 Å². The van der Waals surface area contributed by atoms with Crippen molar-refractivity contribution in [3.63, 3.8) is 0 Å². The lowest BCUT2D eigenvalue weighted by Crippen LogP contribution is -2.18. The number of hydrogen-bond acceptors (Lipinski definition) is 2. The minimum atomic E-state index is -0.344. The number of nitriles is 1. The Kier molecular flexibility index (Phi) is 2.65. The van der Waals surface area contributed by atoms with Gasteiger partial charge in [-0.3, -0.25) is 10.1 Å². The maximum Gasteiger partial charge on any atom is 0.264 e. The zero-order valence-electron chi connectivity index (χ0n) is 7.59. The molecule has 0 heterocycles. The molecule has 0 spiro atoms. The van der Waals surface area contributed by atoms with Crippen molar-refractivity contribution in [2.75, 3.05) is 0 Å². The number of carbonyl (C=O) groups excluding carboxylic acids is 1. The minimum Gasteiger partial charge on any atom is -0.268 e. The summed E-state index contributed by atoms with van der Waals surface area (Å²) in [4.78, 5) is 11.3. The van der Waals surface area contributed by atoms with E-state index >= 15 is 0 Å². The Balaban J connectivity index is 3.07. The SMILES string of the molecule is Cc1ccc(C)c(C(=O)NC#N)c1. The molecule has 0 aromatic heterocycles. The number of nitrogens with one attached hydrogen (secondary N) is 1. The number of nitrogens with zero attached hydrogens (tertiary/aromatic N) is 1. The summed E-state index contributed by atoms with van der Waals surface area (Å²) >= 11 is 0. The first kappa shape index (κ1) is 9.27. The van der Waals surface area contributed by atoms with Gasteiger partial charge in [-0.15, -0.1) is 0 Å². The molecular weight excluding hydrogens is 164 g/mol. The third-order valence-electron chi connectivity index (χ3n) is 1.81. The quantitative estimate of drug-likeness (QED) is 0.518. The van der Waals surface area contributed by atoms with Gasteiger partial charge in [-0.2, -0.15) is 5.26 Å². The van der Waals surface area contributed by atoms with E-state index in [0.717, 1.165) is 11.1 Å². The Labute approximate surface area is 77.0 Å². The summed E-state index contributed by atoms with van der Waals surface area (Å²) in [7, 11) is 0. The third-order valence-corrected chi connectivity index (χ3v) is 1.81. The lowest BCUT2D eigenvalue weighted by atomic mass is 10.1. The van der Waals surface area contributed by atoms with E-state index in [9.17, 15) is 4.79 Å². The second-order valence-corrected chi connectivity index (χ2v) is 2.88. The van der Waals surface area contributed by atoms with Gasteiger partial charge in [-0.1, -0.05) is 17.7 Å². The van der Waals surface area contributed by atoms with Crippen LogP contribution < -0.4 is 5.32 Å². The fraction of sp³-hybridized carbons (Fsp3) is 0.200. The van der Waals surface area contributed by atoms with Crippen molar-refractivity contribution >= 4 is 5.91 Å². The van der Waals surface area contributed by atoms with Crippen molar-refractivity contribution in [2.45, 2.75) is 13.8 Å². The molecule has 0 unspecified atom stereocenters. The molecule has 3 heteroatoms. The summed E-state index contributed by atoms with van der Waals surface area (Å²) in [5.74, 6) is -0.344. The van der Waals surface area contributed by atoms with E-state index in [1.54, 1.807) is 12.3 Å². The van der Waals surface area contributed by atoms with Gasteiger partial charge in [0.15, 0.2) is 6.19 Å². The second-order valence-electron chi connectivity index (χ2n) is 2.88. The van der Waals surface area contributed by atoms with Gasteiger partial charge in [0.05, 0.1) is 0 Å². The van der Waals surface area contributed by atoms with E-state index < -0.39 is 0 Å². The molecule has 0 saturated carbocycles. The first-order chi connectivity index (χ1) is 6.15. The average Bonchev–Trinajstić information content (AvgIpc) is 2.09. The van der Waals surface area contributed by atoms with E-state index in [4.69, 9.17) is 5.26 Å². The molecule has 0 radical (unpaired) electrons. The highest BCUT2D eigenvalue weighted by Gasteiger charge is 2.07. The zero-order chi connectivity index (χ0) is 9.84. The molecule has 0 bridgehead atoms. The molecule has 66 valence electrons. The third kappa shape index (κ3) is 2.06. The molecule has 1 amide bonds. The molecule has 0 aliphatic carbocycles. The number of rotatable bonds is 1. The van der Waals surface area contributed by atoms with E-state index in [2.05, 4.69) is 5.32 Å². The van der Waals surface area contributed by atoms with Crippen molar-refractivity contribution in [3.8, 4) is 6.19 Å². The molecule has 0 aliphatic heterocycles. The van der Waals surface area contributed by atoms with Crippen LogP contribution in [-0.4, -0.2) is 5.91 Å². The minimum absolute atomic E-state index is 0.344. The maximum absolute atomic E-state index is 11.3. The van der Waals surface area contributed by atoms with Crippen LogP contribution in [0.4, 0.5) is 0 Å². The largest absolute Gasteiger partial charge is 0.268 e. The molecule has 0 atom stereocenters. The lowest BCUT2D eigenvalue weighted by Gasteiger charge is -2.03. The molecule has 1 N–H and O–H groups in total. The standard InChI is InChI=1S/C10H10N2O/c1-7-3-4-8(2)9(5-7)10(13)12-6-11/h3-5H,1-2H3,(H,12,13). The smallest absolute Gasteiger partial charge is 0.264 e. The van der Waals surface area contributed by atoms with Crippen LogP contribution in [0.3, 0.4) is 0 Å². The zero-order valence-corrected chi connectivity index (χ0v) is 7.59. The average molecular weight is 174 g/mol. The Hall–Kier alpha value is -1.82. The van der Waals surface area contributed by atoms with E-state index in [0.29, 0.717) is 5.56 Å². The molecule has 3 nitrogen and oxygen atoms in total. The Morgan fingerprint density at radius 2 is 2.15 bits per heavy atom. The second kappa shape index (κ2) is 3.72. The summed E-state index contributed by atoms with van der Waals surface area (Å²) in [5, 5.41) is 10.4. The van der Waals surface area contributed by atoms with Crippen LogP contribution in [0.2, 0.25) is 0 Å². The predicted octanol–water partition coefficient (Wildman–Crippen LogP) is 1.51. The summed E-state index contributed by atoms with van der Waals surface area (Å²) in [5.41, 5.74) is 2.44. The molecule has 0 fully saturated rings. The van der Waals surface area contributed by atoms with Crippen LogP contribution >= 0.6 is 0 Å². The van der Waals surface area contributed by atoms with Crippen molar-refractivity contribution in [1.29, 1.82) is 5.26 Å². The molecular formula is C10H10N2O. The number of benzene rings is 1. The van der Waals surface area contributed by atoms with Crippen molar-refractivity contribution in [3.05, 3.63) is 34.9 Å². The van der Waals surface area contributed by atoms with E-state index in [1.165, 1.54) is 0 Å². The van der Waals surface area contributed by atoms with Gasteiger partial charge in [-0.05, 0) is 25.5 Å². The van der Waals surface area contributed by atoms with Gasteiger partial charge in [0.25, 0.3) is 5.91 Å². The van der Waals surface area contributed by atoms with Crippen molar-refractivity contribution in [2.24, 2.45) is 0 Å². The van der Waals surface area contributed by atoms with E-state index in [1.807, 2.05) is 26.0 Å². The Bertz CT molecular complexity index is 377. The van der Waals surface area contributed by atoms with Gasteiger partial charge in [0.1, 0.15) is 0 Å². The van der Waals surface area contributed by atoms with Crippen LogP contribution in [-0.2, 0) is 0 Å². The highest BCUT2D eigenvalue weighted by Crippen LogP contribution is 2.09. The molecule has 0 saturated heterocycles. The van der Waals surface area contributed by atoms with Gasteiger partial charge >= 0.3 is 0 Å². The van der Waals surface area contributed by atoms with Gasteiger partial charge in [0, 0.05) is 5.56 Å². The lowest BCUT2D eigenvalue weighted by molar-refractivity contribution is 0.0972. The highest BCUT2D eigenvalue weighted by atomic mass is 16.1. The van der Waals surface area contributed by atoms with Crippen molar-refractivity contribution in [1.82, 2.24) is 5.32 Å². The number of aryl methyl sites for hydroxylation is 2. The first-order valence-corrected chi connectivity index (χ1v) is 3.92. The summed E-state index contributed by atoms with van der Waals surface area (Å²) in [6.45, 7) is 3.74. The maximum atomic E-state index is 11.3. The molecule has 1 aromatic rings. The monoisotopic (exact) mass is 174 g/mol. The number of amides is 1. The first-order valence-electron chi connectivity index (χ1n) is 3.92. The topological polar surface area (TPSA) is 52.9 Å². The molecule has 1 aromatic carbocycles. The van der Waals surface area contributed by atoms with Crippen LogP contribution in [0.15, 0.2) is 18.2 Å². The highest BCUT2D eigenvalue weighted by molar-refractivity contribution is 5.96. The summed E-state index contributed by atoms with van der Waals surface area (Å²) < 4.78 is 0. The van der Waals surface area contributed by atoms with Gasteiger partial charge in [-0.25, -0.2) is 0 Å². The van der Waals surface area contributed by atoms with Crippen molar-refractivity contribution < 1.29 is 4.79 Å². The van der Waals surface area contributed by atoms with Gasteiger partial charge < -0.3 is 0 Å². The molecule has 13 heavy (non-hydrogen) atoms. The van der Waals surface area contributed by atoms with Crippen LogP contribution in [0, 0.1) is 25.3 Å². The summed E-state index contributed by atoms with van der Waals surface area (Å²) in [6, 6.07) is 5.56. The van der Waals surface area contributed by atoms with Crippen LogP contribution in [0.25, 0.3) is 0 Å². The fourth-order valence-electron chi connectivity index (χ4n) is 1.10.